The van der Waals surface area contributed by atoms with E-state index in [1.54, 1.807) is 0 Å². The van der Waals surface area contributed by atoms with Gasteiger partial charge in [0.05, 0.1) is 0 Å². The zero-order valence-corrected chi connectivity index (χ0v) is 39.2. The van der Waals surface area contributed by atoms with E-state index in [0.717, 1.165) is 79.4 Å². The smallest absolute Gasteiger partial charge is 0.163 e. The summed E-state index contributed by atoms with van der Waals surface area (Å²) >= 11 is 0. The molecule has 0 atom stereocenters. The van der Waals surface area contributed by atoms with Crippen molar-refractivity contribution < 1.29 is 0 Å². The molecule has 7 heteroatoms. The summed E-state index contributed by atoms with van der Waals surface area (Å²) in [4.78, 5) is 24.9. The van der Waals surface area contributed by atoms with Crippen molar-refractivity contribution in [3.05, 3.63) is 285 Å². The van der Waals surface area contributed by atoms with Crippen molar-refractivity contribution >= 4 is 68.2 Å². The van der Waals surface area contributed by atoms with Crippen LogP contribution in [0.1, 0.15) is 5.82 Å². The van der Waals surface area contributed by atoms with Gasteiger partial charge in [0.2, 0.25) is 0 Å². The average molecular weight is 916 g/mol. The lowest BCUT2D eigenvalue weighted by Crippen LogP contribution is -2.14. The van der Waals surface area contributed by atoms with Crippen molar-refractivity contribution in [2.75, 3.05) is 19.6 Å². The quantitative estimate of drug-likeness (QED) is 0.108. The Hall–Kier alpha value is -9.59. The Balaban J connectivity index is 1.15. The molecule has 10 aromatic carbocycles. The monoisotopic (exact) mass is 915 g/mol. The third-order valence-corrected chi connectivity index (χ3v) is 12.2. The second-order valence-corrected chi connectivity index (χ2v) is 17.0. The lowest BCUT2D eigenvalue weighted by Gasteiger charge is -2.30. The summed E-state index contributed by atoms with van der Waals surface area (Å²) in [7, 11) is 0. The molecule has 0 spiro atoms. The molecule has 0 amide bonds. The minimum atomic E-state index is 0.552. The van der Waals surface area contributed by atoms with E-state index in [4.69, 9.17) is 15.0 Å². The van der Waals surface area contributed by atoms with Crippen LogP contribution in [-0.2, 0) is 0 Å². The molecule has 1 aromatic heterocycles. The van der Waals surface area contributed by atoms with Gasteiger partial charge in [-0.2, -0.15) is 0 Å². The fourth-order valence-electron chi connectivity index (χ4n) is 9.11. The van der Waals surface area contributed by atoms with Crippen LogP contribution in [0, 0.1) is 6.92 Å². The third-order valence-electron chi connectivity index (χ3n) is 12.2. The van der Waals surface area contributed by atoms with Crippen LogP contribution in [0.25, 0.3) is 22.8 Å². The first-order valence-corrected chi connectivity index (χ1v) is 23.8. The first kappa shape index (κ1) is 43.9. The summed E-state index contributed by atoms with van der Waals surface area (Å²) in [5.74, 6) is 1.70. The average Bonchev–Trinajstić information content (AvgIpc) is 3.43. The van der Waals surface area contributed by atoms with Crippen molar-refractivity contribution in [1.82, 2.24) is 15.0 Å². The number of aromatic nitrogens is 3. The maximum atomic E-state index is 5.46. The highest BCUT2D eigenvalue weighted by Crippen LogP contribution is 2.45. The zero-order chi connectivity index (χ0) is 47.8. The highest BCUT2D eigenvalue weighted by atomic mass is 15.2. The van der Waals surface area contributed by atoms with Crippen LogP contribution in [0.3, 0.4) is 0 Å². The summed E-state index contributed by atoms with van der Waals surface area (Å²) in [5, 5.41) is 0. The summed E-state index contributed by atoms with van der Waals surface area (Å²) in [6, 6.07) is 97.2. The van der Waals surface area contributed by atoms with Gasteiger partial charge in [-0.25, -0.2) is 15.0 Å². The highest BCUT2D eigenvalue weighted by Gasteiger charge is 2.23. The third kappa shape index (κ3) is 9.61. The van der Waals surface area contributed by atoms with Gasteiger partial charge in [-0.15, -0.1) is 0 Å². The molecule has 0 N–H and O–H groups in total. The number of aryl methyl sites for hydroxylation is 1. The molecular weight excluding hydrogens is 867 g/mol. The SMILES string of the molecule is Cc1nc(-c2cc(N(c3ccccc3)c3ccccc3)cc(N(c3ccccc3)c3ccccc3)c2)nc(-c2cc(N(c3ccccc3)c3ccccc3)cc(N(c3ccccc3)c3ccccc3)c2)n1. The van der Waals surface area contributed by atoms with E-state index in [9.17, 15) is 0 Å². The van der Waals surface area contributed by atoms with Gasteiger partial charge in [0.25, 0.3) is 0 Å². The molecule has 0 aliphatic heterocycles. The van der Waals surface area contributed by atoms with Crippen LogP contribution in [-0.4, -0.2) is 15.0 Å². The van der Waals surface area contributed by atoms with E-state index in [1.165, 1.54) is 0 Å². The standard InChI is InChI=1S/C64H49N7/c1-48-65-63(49-42-59(68(51-26-10-2-11-27-51)52-28-12-3-13-29-52)46-60(43-49)69(53-30-14-4-15-31-53)54-32-16-5-17-33-54)67-64(66-48)50-44-61(70(55-34-18-6-19-35-55)56-36-20-7-21-37-56)47-62(45-50)71(57-38-22-8-23-39-57)58-40-24-9-25-41-58/h2-47H,1H3. The fourth-order valence-corrected chi connectivity index (χ4v) is 9.11. The Kier molecular flexibility index (Phi) is 12.6. The van der Waals surface area contributed by atoms with Crippen LogP contribution >= 0.6 is 0 Å². The van der Waals surface area contributed by atoms with Crippen molar-refractivity contribution in [2.24, 2.45) is 0 Å². The van der Waals surface area contributed by atoms with Gasteiger partial charge in [-0.1, -0.05) is 146 Å². The summed E-state index contributed by atoms with van der Waals surface area (Å²) in [6.45, 7) is 1.95. The van der Waals surface area contributed by atoms with Crippen molar-refractivity contribution in [1.29, 1.82) is 0 Å². The first-order chi connectivity index (χ1) is 35.1. The Morgan fingerprint density at radius 2 is 0.394 bits per heavy atom. The summed E-state index contributed by atoms with van der Waals surface area (Å²) in [6.07, 6.45) is 0. The Morgan fingerprint density at radius 3 is 0.577 bits per heavy atom. The number of nitrogens with zero attached hydrogens (tertiary/aromatic N) is 7. The largest absolute Gasteiger partial charge is 0.310 e. The molecule has 0 unspecified atom stereocenters. The number of para-hydroxylation sites is 8. The van der Waals surface area contributed by atoms with Crippen molar-refractivity contribution in [3.63, 3.8) is 0 Å². The molecule has 0 fully saturated rings. The van der Waals surface area contributed by atoms with Crippen LogP contribution in [0.15, 0.2) is 279 Å². The van der Waals surface area contributed by atoms with Gasteiger partial charge < -0.3 is 19.6 Å². The van der Waals surface area contributed by atoms with Gasteiger partial charge in [0.15, 0.2) is 11.6 Å². The highest BCUT2D eigenvalue weighted by molar-refractivity contribution is 5.89. The molecule has 7 nitrogen and oxygen atoms in total. The molecule has 0 radical (unpaired) electrons. The van der Waals surface area contributed by atoms with E-state index >= 15 is 0 Å². The number of hydrogen-bond donors (Lipinski definition) is 0. The van der Waals surface area contributed by atoms with E-state index < -0.39 is 0 Å². The Bertz CT molecular complexity index is 2880. The van der Waals surface area contributed by atoms with Crippen LogP contribution in [0.4, 0.5) is 68.2 Å². The second-order valence-electron chi connectivity index (χ2n) is 17.0. The van der Waals surface area contributed by atoms with Gasteiger partial charge in [0.1, 0.15) is 5.82 Å². The summed E-state index contributed by atoms with van der Waals surface area (Å²) < 4.78 is 0. The number of anilines is 12. The van der Waals surface area contributed by atoms with Gasteiger partial charge >= 0.3 is 0 Å². The molecular formula is C64H49N7. The molecule has 71 heavy (non-hydrogen) atoms. The fraction of sp³-hybridized carbons (Fsp3) is 0.0156. The van der Waals surface area contributed by atoms with Crippen LogP contribution < -0.4 is 19.6 Å². The number of rotatable bonds is 14. The second kappa shape index (κ2) is 20.3. The number of benzene rings is 10. The molecule has 0 bridgehead atoms. The van der Waals surface area contributed by atoms with E-state index in [0.29, 0.717) is 17.5 Å². The first-order valence-electron chi connectivity index (χ1n) is 23.8. The minimum Gasteiger partial charge on any atom is -0.310 e. The molecule has 0 aliphatic carbocycles. The normalized spacial score (nSPS) is 10.9. The molecule has 11 aromatic rings. The predicted octanol–water partition coefficient (Wildman–Crippen LogP) is 17.4. The lowest BCUT2D eigenvalue weighted by molar-refractivity contribution is 0.991. The molecule has 340 valence electrons. The Morgan fingerprint density at radius 1 is 0.211 bits per heavy atom. The lowest BCUT2D eigenvalue weighted by atomic mass is 10.1. The van der Waals surface area contributed by atoms with Crippen LogP contribution in [0.5, 0.6) is 0 Å². The topological polar surface area (TPSA) is 51.6 Å². The van der Waals surface area contributed by atoms with Crippen molar-refractivity contribution in [2.45, 2.75) is 6.92 Å². The molecule has 0 saturated heterocycles. The molecule has 0 aliphatic rings. The maximum Gasteiger partial charge on any atom is 0.163 e. The molecule has 0 saturated carbocycles. The predicted molar refractivity (Wildman–Crippen MR) is 294 cm³/mol. The summed E-state index contributed by atoms with van der Waals surface area (Å²) in [5.41, 5.74) is 13.6. The van der Waals surface area contributed by atoms with Gasteiger partial charge in [-0.05, 0) is 140 Å². The number of hydrogen-bond acceptors (Lipinski definition) is 7. The molecule has 1 heterocycles. The molecule has 11 rings (SSSR count). The van der Waals surface area contributed by atoms with Crippen molar-refractivity contribution in [3.8, 4) is 22.8 Å². The minimum absolute atomic E-state index is 0.552. The van der Waals surface area contributed by atoms with Gasteiger partial charge in [-0.3, -0.25) is 0 Å². The van der Waals surface area contributed by atoms with Crippen LogP contribution in [0.2, 0.25) is 0 Å². The van der Waals surface area contributed by atoms with E-state index in [-0.39, 0.29) is 0 Å². The Labute approximate surface area is 415 Å². The zero-order valence-electron chi connectivity index (χ0n) is 39.2. The van der Waals surface area contributed by atoms with E-state index in [1.807, 2.05) is 6.92 Å². The van der Waals surface area contributed by atoms with Gasteiger partial charge in [0, 0.05) is 79.4 Å². The van der Waals surface area contributed by atoms with E-state index in [2.05, 4.69) is 299 Å². The maximum absolute atomic E-state index is 5.46.